The minimum atomic E-state index is -0.139. The first kappa shape index (κ1) is 9.48. The molecule has 1 heterocycles. The van der Waals surface area contributed by atoms with Gasteiger partial charge in [0.05, 0.1) is 12.6 Å². The molecule has 1 aliphatic rings. The Morgan fingerprint density at radius 2 is 2.58 bits per heavy atom. The lowest BCUT2D eigenvalue weighted by atomic mass is 10.2. The Kier molecular flexibility index (Phi) is 3.49. The standard InChI is InChI=1S/C8H16N2O2/c1-6(5-11)10-8(12)7-3-2-4-9-7/h6-7,9,11H,2-5H2,1H3,(H,10,12)/t6-,7?/m0/s1. The van der Waals surface area contributed by atoms with Crippen LogP contribution < -0.4 is 10.6 Å². The summed E-state index contributed by atoms with van der Waals surface area (Å²) in [5, 5.41) is 14.5. The van der Waals surface area contributed by atoms with Crippen LogP contribution in [0.5, 0.6) is 0 Å². The molecule has 1 saturated heterocycles. The second-order valence-corrected chi connectivity index (χ2v) is 3.24. The van der Waals surface area contributed by atoms with E-state index in [1.54, 1.807) is 6.92 Å². The quantitative estimate of drug-likeness (QED) is 0.524. The van der Waals surface area contributed by atoms with Crippen LogP contribution in [-0.4, -0.2) is 36.2 Å². The number of aliphatic hydroxyl groups is 1. The molecule has 1 amide bonds. The van der Waals surface area contributed by atoms with Crippen molar-refractivity contribution in [1.82, 2.24) is 10.6 Å². The van der Waals surface area contributed by atoms with Crippen molar-refractivity contribution in [2.45, 2.75) is 31.8 Å². The third kappa shape index (κ3) is 2.46. The highest BCUT2D eigenvalue weighted by atomic mass is 16.3. The molecule has 2 atom stereocenters. The van der Waals surface area contributed by atoms with Gasteiger partial charge in [-0.05, 0) is 26.3 Å². The Bertz CT molecular complexity index is 155. The largest absolute Gasteiger partial charge is 0.394 e. The zero-order valence-electron chi connectivity index (χ0n) is 7.34. The summed E-state index contributed by atoms with van der Waals surface area (Å²) < 4.78 is 0. The molecule has 0 saturated carbocycles. The minimum absolute atomic E-state index is 0.00153. The van der Waals surface area contributed by atoms with E-state index in [-0.39, 0.29) is 24.6 Å². The molecule has 4 heteroatoms. The van der Waals surface area contributed by atoms with Crippen molar-refractivity contribution < 1.29 is 9.90 Å². The molecule has 1 fully saturated rings. The monoisotopic (exact) mass is 172 g/mol. The molecule has 0 aromatic carbocycles. The smallest absolute Gasteiger partial charge is 0.237 e. The van der Waals surface area contributed by atoms with E-state index in [1.807, 2.05) is 0 Å². The van der Waals surface area contributed by atoms with E-state index in [0.717, 1.165) is 19.4 Å². The molecule has 4 nitrogen and oxygen atoms in total. The lowest BCUT2D eigenvalue weighted by Crippen LogP contribution is -2.45. The van der Waals surface area contributed by atoms with E-state index in [4.69, 9.17) is 5.11 Å². The number of carbonyl (C=O) groups excluding carboxylic acids is 1. The fourth-order valence-electron chi connectivity index (χ4n) is 1.30. The van der Waals surface area contributed by atoms with E-state index in [0.29, 0.717) is 0 Å². The molecule has 1 unspecified atom stereocenters. The number of nitrogens with one attached hydrogen (secondary N) is 2. The highest BCUT2D eigenvalue weighted by molar-refractivity contribution is 5.82. The topological polar surface area (TPSA) is 61.4 Å². The fourth-order valence-corrected chi connectivity index (χ4v) is 1.30. The number of carbonyl (C=O) groups is 1. The van der Waals surface area contributed by atoms with Gasteiger partial charge in [0.25, 0.3) is 0 Å². The van der Waals surface area contributed by atoms with E-state index >= 15 is 0 Å². The van der Waals surface area contributed by atoms with Gasteiger partial charge in [0, 0.05) is 6.04 Å². The molecule has 0 radical (unpaired) electrons. The van der Waals surface area contributed by atoms with Crippen LogP contribution in [0.4, 0.5) is 0 Å². The molecular weight excluding hydrogens is 156 g/mol. The van der Waals surface area contributed by atoms with Crippen LogP contribution in [0.15, 0.2) is 0 Å². The molecule has 0 bridgehead atoms. The van der Waals surface area contributed by atoms with Crippen LogP contribution in [0, 0.1) is 0 Å². The lowest BCUT2D eigenvalue weighted by molar-refractivity contribution is -0.123. The average molecular weight is 172 g/mol. The van der Waals surface area contributed by atoms with Gasteiger partial charge in [0.1, 0.15) is 0 Å². The SMILES string of the molecule is C[C@@H](CO)NC(=O)C1CCCN1. The van der Waals surface area contributed by atoms with Crippen molar-refractivity contribution in [1.29, 1.82) is 0 Å². The number of hydrogen-bond acceptors (Lipinski definition) is 3. The van der Waals surface area contributed by atoms with Gasteiger partial charge in [-0.1, -0.05) is 0 Å². The maximum absolute atomic E-state index is 11.3. The molecule has 1 aliphatic heterocycles. The molecular formula is C8H16N2O2. The van der Waals surface area contributed by atoms with Crippen molar-refractivity contribution >= 4 is 5.91 Å². The summed E-state index contributed by atoms with van der Waals surface area (Å²) >= 11 is 0. The lowest BCUT2D eigenvalue weighted by Gasteiger charge is -2.14. The van der Waals surface area contributed by atoms with Crippen molar-refractivity contribution in [2.75, 3.05) is 13.2 Å². The van der Waals surface area contributed by atoms with Gasteiger partial charge in [0.15, 0.2) is 0 Å². The van der Waals surface area contributed by atoms with Crippen LogP contribution in [0.3, 0.4) is 0 Å². The van der Waals surface area contributed by atoms with Gasteiger partial charge in [-0.3, -0.25) is 4.79 Å². The fraction of sp³-hybridized carbons (Fsp3) is 0.875. The van der Waals surface area contributed by atoms with E-state index in [1.165, 1.54) is 0 Å². The maximum Gasteiger partial charge on any atom is 0.237 e. The Morgan fingerprint density at radius 3 is 3.08 bits per heavy atom. The molecule has 1 rings (SSSR count). The van der Waals surface area contributed by atoms with Gasteiger partial charge in [-0.2, -0.15) is 0 Å². The molecule has 0 spiro atoms. The van der Waals surface area contributed by atoms with Crippen LogP contribution >= 0.6 is 0 Å². The Morgan fingerprint density at radius 1 is 1.83 bits per heavy atom. The summed E-state index contributed by atoms with van der Waals surface area (Å²) in [6.45, 7) is 2.71. The van der Waals surface area contributed by atoms with Gasteiger partial charge in [-0.15, -0.1) is 0 Å². The van der Waals surface area contributed by atoms with Crippen molar-refractivity contribution in [3.8, 4) is 0 Å². The number of rotatable bonds is 3. The van der Waals surface area contributed by atoms with Crippen LogP contribution in [0.2, 0.25) is 0 Å². The number of amides is 1. The predicted octanol–water partition coefficient (Wildman–Crippen LogP) is -0.765. The Balaban J connectivity index is 2.27. The second-order valence-electron chi connectivity index (χ2n) is 3.24. The van der Waals surface area contributed by atoms with Crippen LogP contribution in [0.25, 0.3) is 0 Å². The summed E-state index contributed by atoms with van der Waals surface area (Å²) in [4.78, 5) is 11.3. The molecule has 0 aromatic rings. The summed E-state index contributed by atoms with van der Waals surface area (Å²) in [5.74, 6) is 0.00838. The summed E-state index contributed by atoms with van der Waals surface area (Å²) in [7, 11) is 0. The normalized spacial score (nSPS) is 25.3. The van der Waals surface area contributed by atoms with Gasteiger partial charge in [-0.25, -0.2) is 0 Å². The zero-order valence-corrected chi connectivity index (χ0v) is 7.34. The van der Waals surface area contributed by atoms with Gasteiger partial charge >= 0.3 is 0 Å². The summed E-state index contributed by atoms with van der Waals surface area (Å²) in [6.07, 6.45) is 1.97. The van der Waals surface area contributed by atoms with E-state index in [9.17, 15) is 4.79 Å². The van der Waals surface area contributed by atoms with Crippen molar-refractivity contribution in [3.05, 3.63) is 0 Å². The molecule has 70 valence electrons. The van der Waals surface area contributed by atoms with Crippen LogP contribution in [0.1, 0.15) is 19.8 Å². The highest BCUT2D eigenvalue weighted by Gasteiger charge is 2.22. The van der Waals surface area contributed by atoms with E-state index in [2.05, 4.69) is 10.6 Å². The number of hydrogen-bond donors (Lipinski definition) is 3. The number of aliphatic hydroxyl groups excluding tert-OH is 1. The third-order valence-corrected chi connectivity index (χ3v) is 2.04. The highest BCUT2D eigenvalue weighted by Crippen LogP contribution is 2.04. The third-order valence-electron chi connectivity index (χ3n) is 2.04. The van der Waals surface area contributed by atoms with Gasteiger partial charge in [0.2, 0.25) is 5.91 Å². The summed E-state index contributed by atoms with van der Waals surface area (Å²) in [6, 6.07) is -0.182. The molecule has 0 aromatic heterocycles. The van der Waals surface area contributed by atoms with Crippen molar-refractivity contribution in [3.63, 3.8) is 0 Å². The first-order chi connectivity index (χ1) is 5.74. The first-order valence-electron chi connectivity index (χ1n) is 4.38. The Hall–Kier alpha value is -0.610. The molecule has 12 heavy (non-hydrogen) atoms. The first-order valence-corrected chi connectivity index (χ1v) is 4.38. The van der Waals surface area contributed by atoms with Gasteiger partial charge < -0.3 is 15.7 Å². The Labute approximate surface area is 72.3 Å². The predicted molar refractivity (Wildman–Crippen MR) is 45.7 cm³/mol. The minimum Gasteiger partial charge on any atom is -0.394 e. The summed E-state index contributed by atoms with van der Waals surface area (Å²) in [5.41, 5.74) is 0. The van der Waals surface area contributed by atoms with Crippen molar-refractivity contribution in [2.24, 2.45) is 0 Å². The molecule has 0 aliphatic carbocycles. The second kappa shape index (κ2) is 4.42. The average Bonchev–Trinajstić information content (AvgIpc) is 2.56. The maximum atomic E-state index is 11.3. The van der Waals surface area contributed by atoms with E-state index < -0.39 is 0 Å². The molecule has 3 N–H and O–H groups in total. The zero-order chi connectivity index (χ0) is 8.97. The van der Waals surface area contributed by atoms with Crippen LogP contribution in [-0.2, 0) is 4.79 Å².